The number of fused-ring (bicyclic) bond motifs is 3. The first-order valence-electron chi connectivity index (χ1n) is 21.4. The van der Waals surface area contributed by atoms with Gasteiger partial charge in [0.15, 0.2) is 0 Å². The average Bonchev–Trinajstić information content (AvgIpc) is 3.75. The van der Waals surface area contributed by atoms with Crippen LogP contribution in [-0.4, -0.2) is 0 Å². The number of rotatable bonds is 10. The Bertz CT molecular complexity index is 3270. The molecule has 11 rings (SSSR count). The number of anilines is 6. The number of benzene rings is 10. The summed E-state index contributed by atoms with van der Waals surface area (Å²) >= 11 is 1.86. The minimum absolute atomic E-state index is 1.07. The van der Waals surface area contributed by atoms with Gasteiger partial charge in [-0.2, -0.15) is 0 Å². The zero-order valence-corrected chi connectivity index (χ0v) is 35.4. The number of hydrogen-bond donors (Lipinski definition) is 0. The molecule has 0 fully saturated rings. The Balaban J connectivity index is 1.10. The molecule has 298 valence electrons. The maximum atomic E-state index is 2.47. The lowest BCUT2D eigenvalue weighted by atomic mass is 9.99. The number of thiophene rings is 1. The highest BCUT2D eigenvalue weighted by molar-refractivity contribution is 7.26. The molecule has 0 spiro atoms. The van der Waals surface area contributed by atoms with Gasteiger partial charge in [-0.3, -0.25) is 0 Å². The van der Waals surface area contributed by atoms with Crippen molar-refractivity contribution < 1.29 is 0 Å². The largest absolute Gasteiger partial charge is 0.310 e. The fraction of sp³-hybridized carbons (Fsp3) is 0. The first-order chi connectivity index (χ1) is 31.2. The van der Waals surface area contributed by atoms with Crippen LogP contribution in [0.25, 0.3) is 64.7 Å². The lowest BCUT2D eigenvalue weighted by Crippen LogP contribution is -2.12. The third kappa shape index (κ3) is 7.46. The van der Waals surface area contributed by atoms with Gasteiger partial charge < -0.3 is 9.80 Å². The smallest absolute Gasteiger partial charge is 0.0640 e. The van der Waals surface area contributed by atoms with Crippen molar-refractivity contribution >= 4 is 65.6 Å². The highest BCUT2D eigenvalue weighted by Crippen LogP contribution is 2.48. The summed E-state index contributed by atoms with van der Waals surface area (Å²) in [7, 11) is 0. The quantitative estimate of drug-likeness (QED) is 0.136. The van der Waals surface area contributed by atoms with E-state index in [1.807, 2.05) is 11.3 Å². The van der Waals surface area contributed by atoms with Crippen molar-refractivity contribution in [2.45, 2.75) is 0 Å². The van der Waals surface area contributed by atoms with Gasteiger partial charge in [0.2, 0.25) is 0 Å². The summed E-state index contributed by atoms with van der Waals surface area (Å²) < 4.78 is 2.54. The van der Waals surface area contributed by atoms with E-state index in [0.717, 1.165) is 45.3 Å². The second kappa shape index (κ2) is 16.8. The van der Waals surface area contributed by atoms with E-state index in [4.69, 9.17) is 0 Å². The first kappa shape index (κ1) is 38.0. The summed E-state index contributed by atoms with van der Waals surface area (Å²) in [6.07, 6.45) is 0. The van der Waals surface area contributed by atoms with Gasteiger partial charge in [-0.25, -0.2) is 0 Å². The maximum Gasteiger partial charge on any atom is 0.0640 e. The molecular weight excluding hydrogens is 781 g/mol. The molecule has 0 atom stereocenters. The Labute approximate surface area is 372 Å². The molecule has 0 aliphatic heterocycles. The lowest BCUT2D eigenvalue weighted by Gasteiger charge is -2.30. The highest BCUT2D eigenvalue weighted by atomic mass is 32.1. The van der Waals surface area contributed by atoms with Crippen molar-refractivity contribution in [3.05, 3.63) is 255 Å². The van der Waals surface area contributed by atoms with Crippen LogP contribution in [0.4, 0.5) is 34.1 Å². The van der Waals surface area contributed by atoms with Crippen LogP contribution >= 0.6 is 11.3 Å². The molecule has 1 aromatic heterocycles. The molecule has 0 aliphatic carbocycles. The number of hydrogen-bond acceptors (Lipinski definition) is 3. The molecule has 63 heavy (non-hydrogen) atoms. The number of nitrogens with zero attached hydrogens (tertiary/aromatic N) is 2. The van der Waals surface area contributed by atoms with E-state index in [9.17, 15) is 0 Å². The molecular formula is C60H42N2S. The van der Waals surface area contributed by atoms with Crippen molar-refractivity contribution in [2.24, 2.45) is 0 Å². The van der Waals surface area contributed by atoms with Crippen molar-refractivity contribution in [1.82, 2.24) is 0 Å². The molecule has 0 saturated carbocycles. The Morgan fingerprint density at radius 1 is 0.254 bits per heavy atom. The minimum Gasteiger partial charge on any atom is -0.310 e. The molecule has 3 heteroatoms. The van der Waals surface area contributed by atoms with Crippen LogP contribution in [0, 0.1) is 0 Å². The van der Waals surface area contributed by atoms with Crippen LogP contribution in [0.5, 0.6) is 0 Å². The van der Waals surface area contributed by atoms with Crippen molar-refractivity contribution in [3.63, 3.8) is 0 Å². The van der Waals surface area contributed by atoms with Crippen molar-refractivity contribution in [3.8, 4) is 44.5 Å². The third-order valence-electron chi connectivity index (χ3n) is 11.8. The maximum absolute atomic E-state index is 2.47. The minimum atomic E-state index is 1.07. The van der Waals surface area contributed by atoms with Crippen LogP contribution in [0.2, 0.25) is 0 Å². The second-order valence-corrected chi connectivity index (χ2v) is 16.8. The van der Waals surface area contributed by atoms with Gasteiger partial charge in [0.05, 0.1) is 16.1 Å². The first-order valence-corrected chi connectivity index (χ1v) is 22.2. The van der Waals surface area contributed by atoms with Crippen LogP contribution < -0.4 is 9.80 Å². The van der Waals surface area contributed by atoms with Gasteiger partial charge in [0, 0.05) is 43.8 Å². The molecule has 10 aromatic carbocycles. The molecule has 0 saturated heterocycles. The van der Waals surface area contributed by atoms with Gasteiger partial charge in [-0.15, -0.1) is 11.3 Å². The van der Waals surface area contributed by atoms with Crippen molar-refractivity contribution in [1.29, 1.82) is 0 Å². The summed E-state index contributed by atoms with van der Waals surface area (Å²) in [4.78, 5) is 4.86. The van der Waals surface area contributed by atoms with E-state index in [-0.39, 0.29) is 0 Å². The molecule has 0 bridgehead atoms. The molecule has 0 amide bonds. The summed E-state index contributed by atoms with van der Waals surface area (Å²) in [6, 6.07) is 92.1. The van der Waals surface area contributed by atoms with Crippen LogP contribution in [0.3, 0.4) is 0 Å². The van der Waals surface area contributed by atoms with Gasteiger partial charge >= 0.3 is 0 Å². The molecule has 0 unspecified atom stereocenters. The Kier molecular flexibility index (Phi) is 10.1. The van der Waals surface area contributed by atoms with Gasteiger partial charge in [-0.05, 0) is 106 Å². The Morgan fingerprint density at radius 2 is 0.635 bits per heavy atom. The molecule has 0 aliphatic rings. The third-order valence-corrected chi connectivity index (χ3v) is 13.0. The topological polar surface area (TPSA) is 6.48 Å². The van der Waals surface area contributed by atoms with E-state index in [1.54, 1.807) is 0 Å². The van der Waals surface area contributed by atoms with E-state index < -0.39 is 0 Å². The molecule has 0 radical (unpaired) electrons. The monoisotopic (exact) mass is 822 g/mol. The molecule has 11 aromatic rings. The zero-order chi connectivity index (χ0) is 42.0. The standard InChI is InChI=1S/C60H42N2S/c1-4-19-43(20-5-1)46-25-14-29-50(39-46)61(51-30-15-26-47(40-51)44-21-6-2-7-22-44)52-31-17-28-49(42-52)54-33-10-12-36-57(54)62(53-32-16-27-48(41-53)45-23-8-3-9-24-45)58-37-18-35-56-55-34-11-13-38-59(55)63-60(56)58/h1-42H. The predicted molar refractivity (Wildman–Crippen MR) is 270 cm³/mol. The molecule has 2 nitrogen and oxygen atoms in total. The van der Waals surface area contributed by atoms with Crippen LogP contribution in [0.15, 0.2) is 255 Å². The van der Waals surface area contributed by atoms with Crippen LogP contribution in [0.1, 0.15) is 0 Å². The zero-order valence-electron chi connectivity index (χ0n) is 34.6. The average molecular weight is 823 g/mol. The SMILES string of the molecule is c1ccc(-c2cccc(N(c3cccc(-c4ccccc4)c3)c3cccc(-c4ccccc4N(c4cccc(-c5ccccc5)c4)c4cccc5c4sc4ccccc45)c3)c2)cc1. The highest BCUT2D eigenvalue weighted by Gasteiger charge is 2.22. The van der Waals surface area contributed by atoms with Crippen LogP contribution in [-0.2, 0) is 0 Å². The molecule has 0 N–H and O–H groups in total. The predicted octanol–water partition coefficient (Wildman–Crippen LogP) is 17.7. The summed E-state index contributed by atoms with van der Waals surface area (Å²) in [5.41, 5.74) is 15.9. The number of para-hydroxylation sites is 1. The second-order valence-electron chi connectivity index (χ2n) is 15.7. The lowest BCUT2D eigenvalue weighted by molar-refractivity contribution is 1.28. The van der Waals surface area contributed by atoms with E-state index in [2.05, 4.69) is 265 Å². The van der Waals surface area contributed by atoms with E-state index in [0.29, 0.717) is 0 Å². The van der Waals surface area contributed by atoms with Crippen molar-refractivity contribution in [2.75, 3.05) is 9.80 Å². The van der Waals surface area contributed by atoms with Gasteiger partial charge in [0.25, 0.3) is 0 Å². The van der Waals surface area contributed by atoms with Gasteiger partial charge in [-0.1, -0.05) is 188 Å². The fourth-order valence-electron chi connectivity index (χ4n) is 8.85. The molecule has 1 heterocycles. The van der Waals surface area contributed by atoms with E-state index >= 15 is 0 Å². The van der Waals surface area contributed by atoms with E-state index in [1.165, 1.54) is 53.6 Å². The Hall–Kier alpha value is -7.98. The summed E-state index contributed by atoms with van der Waals surface area (Å²) in [6.45, 7) is 0. The van der Waals surface area contributed by atoms with Gasteiger partial charge in [0.1, 0.15) is 0 Å². The summed E-state index contributed by atoms with van der Waals surface area (Å²) in [5.74, 6) is 0. The normalized spacial score (nSPS) is 11.2. The fourth-order valence-corrected chi connectivity index (χ4v) is 10.1. The summed E-state index contributed by atoms with van der Waals surface area (Å²) in [5, 5.41) is 2.55. The Morgan fingerprint density at radius 3 is 1.19 bits per heavy atom.